The molecule has 0 bridgehead atoms. The van der Waals surface area contributed by atoms with Gasteiger partial charge in [0, 0.05) is 33.3 Å². The zero-order valence-electron chi connectivity index (χ0n) is 16.3. The van der Waals surface area contributed by atoms with Gasteiger partial charge in [-0.05, 0) is 24.3 Å². The Kier molecular flexibility index (Phi) is 10.1. The van der Waals surface area contributed by atoms with Gasteiger partial charge in [0.1, 0.15) is 0 Å². The van der Waals surface area contributed by atoms with Crippen LogP contribution in [0.1, 0.15) is 22.3 Å². The summed E-state index contributed by atoms with van der Waals surface area (Å²) in [6, 6.07) is 7.42. The lowest BCUT2D eigenvalue weighted by atomic mass is 9.95. The van der Waals surface area contributed by atoms with Gasteiger partial charge in [-0.15, -0.1) is 0 Å². The van der Waals surface area contributed by atoms with E-state index < -0.39 is 23.5 Å². The third-order valence-corrected chi connectivity index (χ3v) is 4.10. The third-order valence-electron chi connectivity index (χ3n) is 4.10. The summed E-state index contributed by atoms with van der Waals surface area (Å²) in [6.07, 6.45) is -0.0678. The Bertz CT molecular complexity index is 672. The molecule has 0 aromatic heterocycles. The van der Waals surface area contributed by atoms with Gasteiger partial charge < -0.3 is 29.4 Å². The van der Waals surface area contributed by atoms with Crippen LogP contribution < -0.4 is 5.32 Å². The van der Waals surface area contributed by atoms with Crippen molar-refractivity contribution in [3.05, 3.63) is 35.4 Å². The second-order valence-electron chi connectivity index (χ2n) is 6.07. The number of ether oxygens (including phenoxy) is 4. The summed E-state index contributed by atoms with van der Waals surface area (Å²) < 4.78 is 20.6. The van der Waals surface area contributed by atoms with E-state index in [2.05, 4.69) is 5.32 Å². The van der Waals surface area contributed by atoms with Gasteiger partial charge in [-0.3, -0.25) is 4.79 Å². The fraction of sp³-hybridized carbons (Fsp3) is 0.526. The topological polar surface area (TPSA) is 127 Å². The van der Waals surface area contributed by atoms with E-state index in [9.17, 15) is 14.7 Å². The summed E-state index contributed by atoms with van der Waals surface area (Å²) in [5.41, 5.74) is -0.867. The number of nitrogens with one attached hydrogen (secondary N) is 1. The highest BCUT2D eigenvalue weighted by Gasteiger charge is 2.41. The number of hydrogen-bond acceptors (Lipinski definition) is 7. The second kappa shape index (κ2) is 12.0. The first kappa shape index (κ1) is 23.5. The largest absolute Gasteiger partial charge is 0.479 e. The SMILES string of the molecule is COCCOC[C@H](C[C@@](COC)(OC)C(=O)O)NC(=O)c1ccc(C#N)cc1. The highest BCUT2D eigenvalue weighted by atomic mass is 16.6. The summed E-state index contributed by atoms with van der Waals surface area (Å²) >= 11 is 0. The van der Waals surface area contributed by atoms with Crippen LogP contribution in [0.5, 0.6) is 0 Å². The van der Waals surface area contributed by atoms with Crippen molar-refractivity contribution in [2.75, 3.05) is 47.8 Å². The summed E-state index contributed by atoms with van der Waals surface area (Å²) in [6.45, 7) is 0.521. The molecular weight excluding hydrogens is 368 g/mol. The molecule has 0 saturated heterocycles. The lowest BCUT2D eigenvalue weighted by Gasteiger charge is -2.31. The Labute approximate surface area is 164 Å². The maximum Gasteiger partial charge on any atom is 0.338 e. The number of hydrogen-bond donors (Lipinski definition) is 2. The minimum Gasteiger partial charge on any atom is -0.479 e. The van der Waals surface area contributed by atoms with Gasteiger partial charge in [0.05, 0.1) is 44.1 Å². The van der Waals surface area contributed by atoms with Gasteiger partial charge in [0.2, 0.25) is 0 Å². The second-order valence-corrected chi connectivity index (χ2v) is 6.07. The van der Waals surface area contributed by atoms with E-state index in [-0.39, 0.29) is 26.2 Å². The molecule has 9 heteroatoms. The number of carboxylic acids is 1. The van der Waals surface area contributed by atoms with Crippen molar-refractivity contribution in [3.63, 3.8) is 0 Å². The van der Waals surface area contributed by atoms with Crippen molar-refractivity contribution in [2.24, 2.45) is 0 Å². The first-order valence-corrected chi connectivity index (χ1v) is 8.57. The Hall–Kier alpha value is -2.51. The van der Waals surface area contributed by atoms with Crippen molar-refractivity contribution < 1.29 is 33.6 Å². The highest BCUT2D eigenvalue weighted by Crippen LogP contribution is 2.20. The molecule has 0 aliphatic heterocycles. The van der Waals surface area contributed by atoms with Crippen molar-refractivity contribution in [1.82, 2.24) is 5.32 Å². The molecule has 154 valence electrons. The Morgan fingerprint density at radius 1 is 1.18 bits per heavy atom. The maximum atomic E-state index is 12.6. The van der Waals surface area contributed by atoms with E-state index >= 15 is 0 Å². The van der Waals surface area contributed by atoms with E-state index in [0.717, 1.165) is 0 Å². The van der Waals surface area contributed by atoms with Crippen LogP contribution in [-0.2, 0) is 23.7 Å². The molecule has 0 fully saturated rings. The number of carbonyl (C=O) groups excluding carboxylic acids is 1. The van der Waals surface area contributed by atoms with Gasteiger partial charge >= 0.3 is 5.97 Å². The zero-order valence-corrected chi connectivity index (χ0v) is 16.3. The number of nitrogens with zero attached hydrogens (tertiary/aromatic N) is 1. The average molecular weight is 394 g/mol. The van der Waals surface area contributed by atoms with Crippen LogP contribution in [0.3, 0.4) is 0 Å². The monoisotopic (exact) mass is 394 g/mol. The molecule has 0 aliphatic rings. The molecule has 9 nitrogen and oxygen atoms in total. The third kappa shape index (κ3) is 6.90. The predicted octanol–water partition coefficient (Wildman–Crippen LogP) is 0.826. The molecule has 0 unspecified atom stereocenters. The molecule has 1 rings (SSSR count). The maximum absolute atomic E-state index is 12.6. The number of amides is 1. The molecule has 0 radical (unpaired) electrons. The zero-order chi connectivity index (χ0) is 21.0. The van der Waals surface area contributed by atoms with Crippen LogP contribution in [0.4, 0.5) is 0 Å². The summed E-state index contributed by atoms with van der Waals surface area (Å²) in [5, 5.41) is 21.2. The number of methoxy groups -OCH3 is 3. The van der Waals surface area contributed by atoms with Crippen molar-refractivity contribution in [3.8, 4) is 6.07 Å². The summed E-state index contributed by atoms with van der Waals surface area (Å²) in [5.74, 6) is -1.62. The fourth-order valence-corrected chi connectivity index (χ4v) is 2.55. The summed E-state index contributed by atoms with van der Waals surface area (Å²) in [4.78, 5) is 24.3. The molecule has 2 atom stereocenters. The molecule has 1 amide bonds. The molecular formula is C19H26N2O7. The molecule has 0 saturated carbocycles. The fourth-order valence-electron chi connectivity index (χ4n) is 2.55. The van der Waals surface area contributed by atoms with Crippen LogP contribution in [0.15, 0.2) is 24.3 Å². The molecule has 1 aromatic rings. The molecule has 28 heavy (non-hydrogen) atoms. The molecule has 1 aromatic carbocycles. The lowest BCUT2D eigenvalue weighted by molar-refractivity contribution is -0.171. The lowest BCUT2D eigenvalue weighted by Crippen LogP contribution is -2.52. The van der Waals surface area contributed by atoms with Crippen LogP contribution in [-0.4, -0.2) is 76.4 Å². The predicted molar refractivity (Wildman–Crippen MR) is 99.0 cm³/mol. The molecule has 2 N–H and O–H groups in total. The number of rotatable bonds is 13. The quantitative estimate of drug-likeness (QED) is 0.471. The smallest absolute Gasteiger partial charge is 0.338 e. The van der Waals surface area contributed by atoms with Gasteiger partial charge in [-0.25, -0.2) is 4.79 Å². The first-order valence-electron chi connectivity index (χ1n) is 8.57. The van der Waals surface area contributed by atoms with Gasteiger partial charge in [-0.1, -0.05) is 0 Å². The Balaban J connectivity index is 2.94. The van der Waals surface area contributed by atoms with E-state index in [1.165, 1.54) is 45.6 Å². The standard InChI is InChI=1S/C19H26N2O7/c1-25-8-9-28-12-16(10-19(27-3,13-26-2)18(23)24)21-17(22)15-6-4-14(11-20)5-7-15/h4-7,16H,8-10,12-13H2,1-3H3,(H,21,22)(H,23,24)/t16-,19-/m0/s1. The molecule has 0 spiro atoms. The molecule has 0 aliphatic carbocycles. The average Bonchev–Trinajstić information content (AvgIpc) is 2.70. The van der Waals surface area contributed by atoms with Crippen molar-refractivity contribution in [1.29, 1.82) is 5.26 Å². The van der Waals surface area contributed by atoms with Gasteiger partial charge in [0.15, 0.2) is 5.60 Å². The normalized spacial score (nSPS) is 13.9. The van der Waals surface area contributed by atoms with Gasteiger partial charge in [0.25, 0.3) is 5.91 Å². The van der Waals surface area contributed by atoms with E-state index in [0.29, 0.717) is 17.7 Å². The number of nitriles is 1. The van der Waals surface area contributed by atoms with Gasteiger partial charge in [-0.2, -0.15) is 5.26 Å². The first-order chi connectivity index (χ1) is 13.4. The van der Waals surface area contributed by atoms with E-state index in [4.69, 9.17) is 24.2 Å². The van der Waals surface area contributed by atoms with Crippen molar-refractivity contribution in [2.45, 2.75) is 18.1 Å². The van der Waals surface area contributed by atoms with E-state index in [1.54, 1.807) is 0 Å². The van der Waals surface area contributed by atoms with Crippen LogP contribution in [0.2, 0.25) is 0 Å². The number of aliphatic carboxylic acids is 1. The molecule has 0 heterocycles. The van der Waals surface area contributed by atoms with Crippen LogP contribution in [0, 0.1) is 11.3 Å². The number of carbonyl (C=O) groups is 2. The Morgan fingerprint density at radius 3 is 2.36 bits per heavy atom. The van der Waals surface area contributed by atoms with Crippen LogP contribution in [0.25, 0.3) is 0 Å². The highest BCUT2D eigenvalue weighted by molar-refractivity contribution is 5.94. The number of carboxylic acid groups (broad SMARTS) is 1. The minimum absolute atomic E-state index is 0.0630. The van der Waals surface area contributed by atoms with Crippen molar-refractivity contribution >= 4 is 11.9 Å². The minimum atomic E-state index is -1.64. The van der Waals surface area contributed by atoms with Crippen LogP contribution >= 0.6 is 0 Å². The van der Waals surface area contributed by atoms with E-state index in [1.807, 2.05) is 6.07 Å². The summed E-state index contributed by atoms with van der Waals surface area (Å²) in [7, 11) is 4.18. The number of benzene rings is 1. The Morgan fingerprint density at radius 2 is 1.86 bits per heavy atom.